The summed E-state index contributed by atoms with van der Waals surface area (Å²) in [5.74, 6) is -0.888. The number of nitrogens with zero attached hydrogens (tertiary/aromatic N) is 2. The van der Waals surface area contributed by atoms with E-state index in [2.05, 4.69) is 9.72 Å². The van der Waals surface area contributed by atoms with Crippen LogP contribution in [-0.2, 0) is 10.9 Å². The Morgan fingerprint density at radius 1 is 1.29 bits per heavy atom. The molecule has 2 aromatic rings. The number of methoxy groups -OCH3 is 1. The van der Waals surface area contributed by atoms with Crippen molar-refractivity contribution in [3.05, 3.63) is 51.1 Å². The van der Waals surface area contributed by atoms with Gasteiger partial charge in [-0.2, -0.15) is 18.4 Å². The lowest BCUT2D eigenvalue weighted by atomic mass is 10.1. The van der Waals surface area contributed by atoms with Crippen molar-refractivity contribution in [2.75, 3.05) is 7.11 Å². The van der Waals surface area contributed by atoms with Gasteiger partial charge in [-0.15, -0.1) is 0 Å². The summed E-state index contributed by atoms with van der Waals surface area (Å²) >= 11 is 11.8. The number of benzene rings is 1. The van der Waals surface area contributed by atoms with Crippen LogP contribution in [0.15, 0.2) is 24.3 Å². The topological polar surface area (TPSA) is 63.0 Å². The van der Waals surface area contributed by atoms with Gasteiger partial charge in [0.25, 0.3) is 0 Å². The molecule has 1 aromatic carbocycles. The number of pyridine rings is 1. The molecule has 9 heteroatoms. The lowest BCUT2D eigenvalue weighted by Crippen LogP contribution is -2.08. The van der Waals surface area contributed by atoms with E-state index in [1.54, 1.807) is 6.07 Å². The van der Waals surface area contributed by atoms with E-state index in [9.17, 15) is 18.0 Å². The maximum atomic E-state index is 12.7. The first-order valence-corrected chi connectivity index (χ1v) is 7.00. The lowest BCUT2D eigenvalue weighted by Gasteiger charge is -2.11. The number of rotatable bonds is 2. The number of ether oxygens (including phenoxy) is 1. The number of carbonyl (C=O) groups is 1. The molecule has 1 aromatic heterocycles. The van der Waals surface area contributed by atoms with Gasteiger partial charge in [0.15, 0.2) is 5.69 Å². The molecule has 4 nitrogen and oxygen atoms in total. The Bertz CT molecular complexity index is 861. The van der Waals surface area contributed by atoms with Crippen molar-refractivity contribution in [3.63, 3.8) is 0 Å². The Morgan fingerprint density at radius 3 is 2.46 bits per heavy atom. The van der Waals surface area contributed by atoms with E-state index in [-0.39, 0.29) is 32.6 Å². The molecule has 0 amide bonds. The molecule has 2 rings (SSSR count). The van der Waals surface area contributed by atoms with E-state index in [4.69, 9.17) is 28.5 Å². The minimum absolute atomic E-state index is 0.0232. The number of carbonyl (C=O) groups excluding carboxylic acids is 1. The third kappa shape index (κ3) is 3.45. The van der Waals surface area contributed by atoms with Crippen LogP contribution in [0.3, 0.4) is 0 Å². The molecule has 0 aliphatic carbocycles. The maximum Gasteiger partial charge on any atom is 0.416 e. The first-order chi connectivity index (χ1) is 11.2. The monoisotopic (exact) mass is 374 g/mol. The third-order valence-electron chi connectivity index (χ3n) is 3.03. The van der Waals surface area contributed by atoms with Crippen LogP contribution in [0.1, 0.15) is 21.6 Å². The van der Waals surface area contributed by atoms with Crippen LogP contribution in [0, 0.1) is 11.3 Å². The predicted octanol–water partition coefficient (Wildman–Crippen LogP) is 4.73. The van der Waals surface area contributed by atoms with Crippen molar-refractivity contribution in [2.45, 2.75) is 6.18 Å². The van der Waals surface area contributed by atoms with E-state index in [0.717, 1.165) is 25.3 Å². The summed E-state index contributed by atoms with van der Waals surface area (Å²) < 4.78 is 42.6. The number of alkyl halides is 3. The maximum absolute atomic E-state index is 12.7. The quantitative estimate of drug-likeness (QED) is 0.712. The van der Waals surface area contributed by atoms with Crippen molar-refractivity contribution < 1.29 is 22.7 Å². The van der Waals surface area contributed by atoms with Gasteiger partial charge in [-0.3, -0.25) is 0 Å². The van der Waals surface area contributed by atoms with E-state index >= 15 is 0 Å². The zero-order valence-electron chi connectivity index (χ0n) is 11.9. The second kappa shape index (κ2) is 6.67. The van der Waals surface area contributed by atoms with Crippen molar-refractivity contribution in [3.8, 4) is 17.3 Å². The Balaban J connectivity index is 2.65. The summed E-state index contributed by atoms with van der Waals surface area (Å²) in [6, 6.07) is 5.66. The van der Waals surface area contributed by atoms with E-state index in [0.29, 0.717) is 0 Å². The molecule has 0 aliphatic rings. The molecular formula is C15H7Cl2F3N2O2. The largest absolute Gasteiger partial charge is 0.464 e. The minimum atomic E-state index is -4.55. The number of hydrogen-bond donors (Lipinski definition) is 0. The van der Waals surface area contributed by atoms with Crippen LogP contribution < -0.4 is 0 Å². The van der Waals surface area contributed by atoms with Crippen molar-refractivity contribution in [2.24, 2.45) is 0 Å². The highest BCUT2D eigenvalue weighted by Gasteiger charge is 2.31. The van der Waals surface area contributed by atoms with Gasteiger partial charge in [-0.1, -0.05) is 29.3 Å². The molecule has 0 N–H and O–H groups in total. The molecule has 1 heterocycles. The Hall–Kier alpha value is -2.30. The molecule has 0 radical (unpaired) electrons. The highest BCUT2D eigenvalue weighted by molar-refractivity contribution is 6.35. The summed E-state index contributed by atoms with van der Waals surface area (Å²) in [4.78, 5) is 15.6. The fourth-order valence-corrected chi connectivity index (χ4v) is 2.37. The summed E-state index contributed by atoms with van der Waals surface area (Å²) in [6.07, 6.45) is -4.55. The third-order valence-corrected chi connectivity index (χ3v) is 3.72. The fraction of sp³-hybridized carbons (Fsp3) is 0.133. The van der Waals surface area contributed by atoms with Gasteiger partial charge in [0.05, 0.1) is 34.0 Å². The first kappa shape index (κ1) is 18.0. The fourth-order valence-electron chi connectivity index (χ4n) is 1.88. The molecular weight excluding hydrogens is 368 g/mol. The smallest absolute Gasteiger partial charge is 0.416 e. The average Bonchev–Trinajstić information content (AvgIpc) is 2.53. The van der Waals surface area contributed by atoms with E-state index < -0.39 is 17.7 Å². The SMILES string of the molecule is COC(=O)c1nc(-c2ccc(C(F)(F)F)cc2Cl)cc(C#N)c1Cl. The molecule has 0 aliphatic heterocycles. The minimum Gasteiger partial charge on any atom is -0.464 e. The second-order valence-electron chi connectivity index (χ2n) is 4.51. The lowest BCUT2D eigenvalue weighted by molar-refractivity contribution is -0.137. The summed E-state index contributed by atoms with van der Waals surface area (Å²) in [6.45, 7) is 0. The predicted molar refractivity (Wildman–Crippen MR) is 80.7 cm³/mol. The molecule has 0 fully saturated rings. The molecule has 124 valence electrons. The normalized spacial score (nSPS) is 11.0. The summed E-state index contributed by atoms with van der Waals surface area (Å²) in [5, 5.41) is 8.64. The van der Waals surface area contributed by atoms with Gasteiger partial charge >= 0.3 is 12.1 Å². The Labute approximate surface area is 144 Å². The van der Waals surface area contributed by atoms with Gasteiger partial charge in [-0.25, -0.2) is 9.78 Å². The number of nitriles is 1. The summed E-state index contributed by atoms with van der Waals surface area (Å²) in [7, 11) is 1.10. The zero-order chi connectivity index (χ0) is 18.1. The van der Waals surface area contributed by atoms with Crippen LogP contribution in [-0.4, -0.2) is 18.1 Å². The molecule has 0 saturated carbocycles. The molecule has 0 unspecified atom stereocenters. The summed E-state index contributed by atoms with van der Waals surface area (Å²) in [5.41, 5.74) is -1.21. The number of aromatic nitrogens is 1. The van der Waals surface area contributed by atoms with E-state index in [1.807, 2.05) is 0 Å². The zero-order valence-corrected chi connectivity index (χ0v) is 13.4. The second-order valence-corrected chi connectivity index (χ2v) is 5.30. The molecule has 0 saturated heterocycles. The van der Waals surface area contributed by atoms with Gasteiger partial charge in [0, 0.05) is 5.56 Å². The van der Waals surface area contributed by atoms with Gasteiger partial charge in [0.1, 0.15) is 6.07 Å². The highest BCUT2D eigenvalue weighted by Crippen LogP contribution is 2.36. The molecule has 0 bridgehead atoms. The van der Waals surface area contributed by atoms with Gasteiger partial charge in [0.2, 0.25) is 0 Å². The van der Waals surface area contributed by atoms with Crippen LogP contribution >= 0.6 is 23.2 Å². The Morgan fingerprint density at radius 2 is 1.96 bits per heavy atom. The van der Waals surface area contributed by atoms with Crippen molar-refractivity contribution in [1.29, 1.82) is 5.26 Å². The first-order valence-electron chi connectivity index (χ1n) is 6.25. The van der Waals surface area contributed by atoms with Crippen molar-refractivity contribution >= 4 is 29.2 Å². The van der Waals surface area contributed by atoms with Crippen LogP contribution in [0.2, 0.25) is 10.0 Å². The van der Waals surface area contributed by atoms with Gasteiger partial charge < -0.3 is 4.74 Å². The number of halogens is 5. The van der Waals surface area contributed by atoms with Crippen LogP contribution in [0.4, 0.5) is 13.2 Å². The molecule has 24 heavy (non-hydrogen) atoms. The molecule has 0 atom stereocenters. The highest BCUT2D eigenvalue weighted by atomic mass is 35.5. The van der Waals surface area contributed by atoms with Crippen LogP contribution in [0.25, 0.3) is 11.3 Å². The molecule has 0 spiro atoms. The van der Waals surface area contributed by atoms with Gasteiger partial charge in [-0.05, 0) is 18.2 Å². The van der Waals surface area contributed by atoms with Crippen molar-refractivity contribution in [1.82, 2.24) is 4.98 Å². The standard InChI is InChI=1S/C15H7Cl2F3N2O2/c1-24-14(23)13-12(17)7(6-21)4-11(22-13)9-3-2-8(5-10(9)16)15(18,19)20/h2-5H,1H3. The van der Waals surface area contributed by atoms with Crippen LogP contribution in [0.5, 0.6) is 0 Å². The Kier molecular flexibility index (Phi) is 5.02. The van der Waals surface area contributed by atoms with E-state index in [1.165, 1.54) is 6.07 Å². The number of esters is 1. The number of hydrogen-bond acceptors (Lipinski definition) is 4. The average molecular weight is 375 g/mol.